The molecule has 0 bridgehead atoms. The zero-order chi connectivity index (χ0) is 17.0. The molecule has 0 radical (unpaired) electrons. The fourth-order valence-electron chi connectivity index (χ4n) is 2.18. The number of imide groups is 1. The molecule has 2 aromatic carbocycles. The number of carbonyl (C=O) groups is 2. The van der Waals surface area contributed by atoms with Crippen LogP contribution in [0.2, 0.25) is 0 Å². The summed E-state index contributed by atoms with van der Waals surface area (Å²) in [6.07, 6.45) is 0. The third-order valence-electron chi connectivity index (χ3n) is 3.25. The van der Waals surface area contributed by atoms with E-state index >= 15 is 0 Å². The van der Waals surface area contributed by atoms with Crippen molar-refractivity contribution < 1.29 is 9.59 Å². The largest absolute Gasteiger partial charge is 0.274 e. The summed E-state index contributed by atoms with van der Waals surface area (Å²) < 4.78 is 1.36. The molecule has 23 heavy (non-hydrogen) atoms. The van der Waals surface area contributed by atoms with Gasteiger partial charge in [0.2, 0.25) is 0 Å². The maximum absolute atomic E-state index is 12.9. The zero-order valence-corrected chi connectivity index (χ0v) is 16.1. The second-order valence-electron chi connectivity index (χ2n) is 5.57. The number of amides is 2. The fraction of sp³-hybridized carbons (Fsp3) is 0.222. The van der Waals surface area contributed by atoms with Crippen LogP contribution in [0, 0.1) is 5.92 Å². The SMILES string of the molecule is CC(C)CN(C(=O)c1ccccc1Br)C(=O)c1ccccc1Br. The van der Waals surface area contributed by atoms with Gasteiger partial charge in [0.15, 0.2) is 0 Å². The average Bonchev–Trinajstić information content (AvgIpc) is 2.52. The predicted molar refractivity (Wildman–Crippen MR) is 98.5 cm³/mol. The van der Waals surface area contributed by atoms with Crippen molar-refractivity contribution in [3.05, 3.63) is 68.6 Å². The van der Waals surface area contributed by atoms with Crippen LogP contribution in [0.1, 0.15) is 34.6 Å². The van der Waals surface area contributed by atoms with Gasteiger partial charge in [-0.05, 0) is 62.0 Å². The van der Waals surface area contributed by atoms with Gasteiger partial charge in [-0.2, -0.15) is 0 Å². The molecule has 0 saturated carbocycles. The van der Waals surface area contributed by atoms with E-state index in [4.69, 9.17) is 0 Å². The van der Waals surface area contributed by atoms with E-state index in [0.717, 1.165) is 0 Å². The highest BCUT2D eigenvalue weighted by Gasteiger charge is 2.27. The number of benzene rings is 2. The van der Waals surface area contributed by atoms with E-state index in [-0.39, 0.29) is 17.7 Å². The molecule has 0 aliphatic rings. The van der Waals surface area contributed by atoms with Crippen LogP contribution in [-0.4, -0.2) is 23.3 Å². The van der Waals surface area contributed by atoms with E-state index in [1.54, 1.807) is 36.4 Å². The summed E-state index contributed by atoms with van der Waals surface area (Å²) in [5.74, 6) is -0.424. The summed E-state index contributed by atoms with van der Waals surface area (Å²) in [6, 6.07) is 14.3. The van der Waals surface area contributed by atoms with E-state index < -0.39 is 0 Å². The minimum Gasteiger partial charge on any atom is -0.274 e. The van der Waals surface area contributed by atoms with Crippen LogP contribution in [0.15, 0.2) is 57.5 Å². The van der Waals surface area contributed by atoms with E-state index in [0.29, 0.717) is 26.6 Å². The number of carbonyl (C=O) groups excluding carboxylic acids is 2. The molecule has 120 valence electrons. The van der Waals surface area contributed by atoms with Crippen LogP contribution >= 0.6 is 31.9 Å². The smallest absolute Gasteiger partial charge is 0.261 e. The zero-order valence-electron chi connectivity index (χ0n) is 12.9. The Morgan fingerprint density at radius 3 is 1.61 bits per heavy atom. The highest BCUT2D eigenvalue weighted by atomic mass is 79.9. The fourth-order valence-corrected chi connectivity index (χ4v) is 3.09. The molecular weight excluding hydrogens is 422 g/mol. The molecule has 2 amide bonds. The highest BCUT2D eigenvalue weighted by Crippen LogP contribution is 2.22. The Morgan fingerprint density at radius 1 is 0.870 bits per heavy atom. The van der Waals surface area contributed by atoms with E-state index in [9.17, 15) is 9.59 Å². The van der Waals surface area contributed by atoms with Crippen molar-refractivity contribution in [3.63, 3.8) is 0 Å². The Labute approximate surface area is 152 Å². The first-order valence-electron chi connectivity index (χ1n) is 7.27. The first-order valence-corrected chi connectivity index (χ1v) is 8.85. The van der Waals surface area contributed by atoms with Gasteiger partial charge >= 0.3 is 0 Å². The standard InChI is InChI=1S/C18H17Br2NO2/c1-12(2)11-21(17(22)13-7-3-5-9-15(13)19)18(23)14-8-4-6-10-16(14)20/h3-10,12H,11H2,1-2H3. The van der Waals surface area contributed by atoms with Gasteiger partial charge in [-0.25, -0.2) is 0 Å². The molecule has 0 atom stereocenters. The Bertz CT molecular complexity index is 671. The van der Waals surface area contributed by atoms with Crippen molar-refractivity contribution >= 4 is 43.7 Å². The Morgan fingerprint density at radius 2 is 1.26 bits per heavy atom. The van der Waals surface area contributed by atoms with Crippen molar-refractivity contribution in [2.45, 2.75) is 13.8 Å². The molecule has 2 aromatic rings. The Kier molecular flexibility index (Phi) is 6.13. The molecule has 0 N–H and O–H groups in total. The van der Waals surface area contributed by atoms with Crippen molar-refractivity contribution in [2.75, 3.05) is 6.54 Å². The monoisotopic (exact) mass is 437 g/mol. The van der Waals surface area contributed by atoms with E-state index in [1.807, 2.05) is 26.0 Å². The van der Waals surface area contributed by atoms with Crippen molar-refractivity contribution in [1.82, 2.24) is 4.90 Å². The van der Waals surface area contributed by atoms with Gasteiger partial charge < -0.3 is 0 Å². The summed E-state index contributed by atoms with van der Waals surface area (Å²) in [6.45, 7) is 4.32. The lowest BCUT2D eigenvalue weighted by Gasteiger charge is -2.24. The van der Waals surface area contributed by atoms with Gasteiger partial charge in [0, 0.05) is 15.5 Å². The quantitative estimate of drug-likeness (QED) is 0.619. The normalized spacial score (nSPS) is 10.7. The average molecular weight is 439 g/mol. The molecule has 0 fully saturated rings. The molecule has 0 saturated heterocycles. The molecule has 0 unspecified atom stereocenters. The van der Waals surface area contributed by atoms with E-state index in [2.05, 4.69) is 31.9 Å². The van der Waals surface area contributed by atoms with E-state index in [1.165, 1.54) is 4.90 Å². The van der Waals surface area contributed by atoms with Crippen LogP contribution in [0.4, 0.5) is 0 Å². The van der Waals surface area contributed by atoms with Crippen LogP contribution in [0.25, 0.3) is 0 Å². The lowest BCUT2D eigenvalue weighted by molar-refractivity contribution is 0.0596. The second kappa shape index (κ2) is 7.88. The van der Waals surface area contributed by atoms with Crippen LogP contribution in [0.5, 0.6) is 0 Å². The van der Waals surface area contributed by atoms with Gasteiger partial charge in [-0.3, -0.25) is 14.5 Å². The van der Waals surface area contributed by atoms with Crippen LogP contribution in [-0.2, 0) is 0 Å². The molecule has 0 aliphatic carbocycles. The molecule has 5 heteroatoms. The Balaban J connectivity index is 2.41. The topological polar surface area (TPSA) is 37.4 Å². The number of nitrogens with zero attached hydrogens (tertiary/aromatic N) is 1. The van der Waals surface area contributed by atoms with Crippen molar-refractivity contribution in [2.24, 2.45) is 5.92 Å². The summed E-state index contributed by atoms with van der Waals surface area (Å²) in [5.41, 5.74) is 0.960. The van der Waals surface area contributed by atoms with Crippen molar-refractivity contribution in [1.29, 1.82) is 0 Å². The summed E-state index contributed by atoms with van der Waals surface area (Å²) in [4.78, 5) is 27.1. The predicted octanol–water partition coefficient (Wildman–Crippen LogP) is 5.15. The first kappa shape index (κ1) is 17.9. The maximum atomic E-state index is 12.9. The molecule has 0 aliphatic heterocycles. The molecule has 0 heterocycles. The lowest BCUT2D eigenvalue weighted by Crippen LogP contribution is -2.39. The van der Waals surface area contributed by atoms with Crippen LogP contribution in [0.3, 0.4) is 0 Å². The minimum absolute atomic E-state index is 0.174. The number of rotatable bonds is 4. The Hall–Kier alpha value is -1.46. The summed E-state index contributed by atoms with van der Waals surface area (Å²) in [7, 11) is 0. The minimum atomic E-state index is -0.299. The van der Waals surface area contributed by atoms with Crippen molar-refractivity contribution in [3.8, 4) is 0 Å². The van der Waals surface area contributed by atoms with Gasteiger partial charge in [0.05, 0.1) is 11.1 Å². The molecular formula is C18H17Br2NO2. The summed E-state index contributed by atoms with van der Waals surface area (Å²) >= 11 is 6.77. The first-order chi connectivity index (χ1) is 10.9. The highest BCUT2D eigenvalue weighted by molar-refractivity contribution is 9.10. The lowest BCUT2D eigenvalue weighted by atomic mass is 10.1. The van der Waals surface area contributed by atoms with Gasteiger partial charge in [0.25, 0.3) is 11.8 Å². The number of halogens is 2. The van der Waals surface area contributed by atoms with Gasteiger partial charge in [-0.15, -0.1) is 0 Å². The molecule has 0 spiro atoms. The third kappa shape index (κ3) is 4.30. The maximum Gasteiger partial charge on any atom is 0.261 e. The van der Waals surface area contributed by atoms with Crippen LogP contribution < -0.4 is 0 Å². The van der Waals surface area contributed by atoms with Gasteiger partial charge in [-0.1, -0.05) is 38.1 Å². The number of hydrogen-bond donors (Lipinski definition) is 0. The van der Waals surface area contributed by atoms with Gasteiger partial charge in [0.1, 0.15) is 0 Å². The molecule has 0 aromatic heterocycles. The third-order valence-corrected chi connectivity index (χ3v) is 4.63. The number of hydrogen-bond acceptors (Lipinski definition) is 2. The molecule has 2 rings (SSSR count). The summed E-state index contributed by atoms with van der Waals surface area (Å²) in [5, 5.41) is 0. The second-order valence-corrected chi connectivity index (χ2v) is 7.28. The molecule has 3 nitrogen and oxygen atoms in total.